The molecule has 1 aromatic carbocycles. The summed E-state index contributed by atoms with van der Waals surface area (Å²) in [6, 6.07) is 5.75. The van der Waals surface area contributed by atoms with Crippen LogP contribution in [0.4, 0.5) is 5.69 Å². The van der Waals surface area contributed by atoms with E-state index < -0.39 is 0 Å². The Morgan fingerprint density at radius 1 is 1.21 bits per heavy atom. The van der Waals surface area contributed by atoms with E-state index in [0.29, 0.717) is 28.3 Å². The molecule has 8 nitrogen and oxygen atoms in total. The first kappa shape index (κ1) is 17.9. The number of rotatable bonds is 3. The van der Waals surface area contributed by atoms with E-state index in [1.165, 1.54) is 0 Å². The summed E-state index contributed by atoms with van der Waals surface area (Å²) in [6.07, 6.45) is 5.71. The van der Waals surface area contributed by atoms with Gasteiger partial charge in [0.15, 0.2) is 5.65 Å². The summed E-state index contributed by atoms with van der Waals surface area (Å²) in [4.78, 5) is 9.03. The van der Waals surface area contributed by atoms with Gasteiger partial charge in [-0.1, -0.05) is 0 Å². The highest BCUT2D eigenvalue weighted by Crippen LogP contribution is 2.41. The Labute approximate surface area is 168 Å². The molecule has 0 spiro atoms. The van der Waals surface area contributed by atoms with Gasteiger partial charge in [-0.15, -0.1) is 10.2 Å². The first-order valence-corrected chi connectivity index (χ1v) is 9.83. The van der Waals surface area contributed by atoms with Gasteiger partial charge in [0.1, 0.15) is 22.5 Å². The van der Waals surface area contributed by atoms with Crippen molar-refractivity contribution in [3.05, 3.63) is 30.8 Å². The number of phenols is 1. The molecule has 1 atom stereocenters. The van der Waals surface area contributed by atoms with Crippen LogP contribution in [0.2, 0.25) is 0 Å². The van der Waals surface area contributed by atoms with Gasteiger partial charge in [-0.05, 0) is 44.6 Å². The van der Waals surface area contributed by atoms with Crippen LogP contribution in [0.5, 0.6) is 5.75 Å². The third-order valence-electron chi connectivity index (χ3n) is 5.76. The van der Waals surface area contributed by atoms with Crippen LogP contribution in [0.15, 0.2) is 35.2 Å². The number of benzene rings is 1. The molecule has 5 rings (SSSR count). The Balaban J connectivity index is 1.69. The largest absolute Gasteiger partial charge is 0.506 e. The van der Waals surface area contributed by atoms with Crippen LogP contribution in [0, 0.1) is 0 Å². The number of piperidine rings is 1. The van der Waals surface area contributed by atoms with Crippen molar-refractivity contribution < 1.29 is 9.52 Å². The Morgan fingerprint density at radius 3 is 2.86 bits per heavy atom. The monoisotopic (exact) mass is 392 g/mol. The lowest BCUT2D eigenvalue weighted by Crippen LogP contribution is -2.33. The van der Waals surface area contributed by atoms with Crippen LogP contribution in [0.3, 0.4) is 0 Å². The van der Waals surface area contributed by atoms with Crippen molar-refractivity contribution in [1.29, 1.82) is 0 Å². The van der Waals surface area contributed by atoms with Crippen molar-refractivity contribution in [2.24, 2.45) is 0 Å². The van der Waals surface area contributed by atoms with Crippen LogP contribution in [-0.4, -0.2) is 64.0 Å². The summed E-state index contributed by atoms with van der Waals surface area (Å²) in [5, 5.41) is 20.6. The van der Waals surface area contributed by atoms with Gasteiger partial charge in [-0.3, -0.25) is 0 Å². The number of fused-ring (bicyclic) bond motifs is 2. The predicted molar refractivity (Wildman–Crippen MR) is 112 cm³/mol. The van der Waals surface area contributed by atoms with E-state index in [2.05, 4.69) is 26.7 Å². The molecular weight excluding hydrogens is 368 g/mol. The second-order valence-electron chi connectivity index (χ2n) is 7.97. The highest BCUT2D eigenvalue weighted by Gasteiger charge is 2.25. The summed E-state index contributed by atoms with van der Waals surface area (Å²) >= 11 is 0. The van der Waals surface area contributed by atoms with E-state index in [1.54, 1.807) is 12.3 Å². The minimum Gasteiger partial charge on any atom is -0.506 e. The lowest BCUT2D eigenvalue weighted by molar-refractivity contribution is 0.214. The topological polar surface area (TPSA) is 83.5 Å². The predicted octanol–water partition coefficient (Wildman–Crippen LogP) is 3.28. The van der Waals surface area contributed by atoms with Gasteiger partial charge in [0, 0.05) is 32.2 Å². The van der Waals surface area contributed by atoms with E-state index in [0.717, 1.165) is 42.8 Å². The average molecular weight is 392 g/mol. The van der Waals surface area contributed by atoms with Crippen LogP contribution in [-0.2, 0) is 0 Å². The number of furan rings is 1. The minimum absolute atomic E-state index is 0.140. The molecule has 150 valence electrons. The molecule has 0 bridgehead atoms. The molecule has 1 N–H and O–H groups in total. The maximum Gasteiger partial charge on any atom is 0.184 e. The number of aromatic nitrogens is 4. The zero-order valence-corrected chi connectivity index (χ0v) is 16.8. The van der Waals surface area contributed by atoms with Gasteiger partial charge < -0.3 is 23.9 Å². The fourth-order valence-electron chi connectivity index (χ4n) is 4.34. The van der Waals surface area contributed by atoms with E-state index in [1.807, 2.05) is 37.5 Å². The molecule has 0 radical (unpaired) electrons. The maximum atomic E-state index is 10.8. The van der Waals surface area contributed by atoms with E-state index >= 15 is 0 Å². The molecule has 0 saturated carbocycles. The number of phenolic OH excluding ortho intramolecular Hbond substituents is 1. The van der Waals surface area contributed by atoms with Gasteiger partial charge in [-0.25, -0.2) is 4.98 Å². The number of hydrogen-bond donors (Lipinski definition) is 1. The summed E-state index contributed by atoms with van der Waals surface area (Å²) in [7, 11) is 6.07. The van der Waals surface area contributed by atoms with E-state index in [4.69, 9.17) is 9.40 Å². The zero-order chi connectivity index (χ0) is 20.1. The molecule has 29 heavy (non-hydrogen) atoms. The molecule has 1 saturated heterocycles. The number of nitrogens with zero attached hydrogens (tertiary/aromatic N) is 6. The Bertz CT molecular complexity index is 1190. The van der Waals surface area contributed by atoms with Gasteiger partial charge in [-0.2, -0.15) is 0 Å². The molecule has 1 fully saturated rings. The quantitative estimate of drug-likeness (QED) is 0.573. The fraction of sp³-hybridized carbons (Fsp3) is 0.381. The van der Waals surface area contributed by atoms with Crippen LogP contribution in [0.25, 0.3) is 33.4 Å². The Kier molecular flexibility index (Phi) is 4.16. The van der Waals surface area contributed by atoms with Crippen LogP contribution in [0.1, 0.15) is 18.9 Å². The molecule has 4 heterocycles. The first-order valence-electron chi connectivity index (χ1n) is 9.83. The Hall–Kier alpha value is -3.13. The van der Waals surface area contributed by atoms with Crippen molar-refractivity contribution in [2.45, 2.75) is 18.9 Å². The molecule has 4 aromatic rings. The van der Waals surface area contributed by atoms with Crippen molar-refractivity contribution in [3.63, 3.8) is 0 Å². The van der Waals surface area contributed by atoms with Crippen molar-refractivity contribution in [3.8, 4) is 17.0 Å². The Morgan fingerprint density at radius 2 is 2.07 bits per heavy atom. The summed E-state index contributed by atoms with van der Waals surface area (Å²) in [5.74, 6) is 0.140. The summed E-state index contributed by atoms with van der Waals surface area (Å²) in [6.45, 7) is 2.10. The van der Waals surface area contributed by atoms with Gasteiger partial charge in [0.25, 0.3) is 0 Å². The van der Waals surface area contributed by atoms with Gasteiger partial charge in [0.05, 0.1) is 23.7 Å². The second-order valence-corrected chi connectivity index (χ2v) is 7.97. The number of aromatic hydroxyl groups is 1. The molecule has 0 amide bonds. The van der Waals surface area contributed by atoms with Crippen molar-refractivity contribution in [1.82, 2.24) is 24.6 Å². The highest BCUT2D eigenvalue weighted by molar-refractivity contribution is 5.99. The van der Waals surface area contributed by atoms with Crippen LogP contribution >= 0.6 is 0 Å². The number of likely N-dealkylation sites (N-methyl/N-ethyl adjacent to an activating group) is 1. The first-order chi connectivity index (χ1) is 14.0. The molecule has 1 aliphatic heterocycles. The van der Waals surface area contributed by atoms with Gasteiger partial charge in [0.2, 0.25) is 0 Å². The standard InChI is InChI=1S/C21H24N6O2/c1-25(2)19-17(15-6-7-16-14(20(15)28)8-10-29-16)23-24-21-18(19)22-12-27(21)13-5-4-9-26(3)11-13/h6-8,10,12-13,28H,4-5,9,11H2,1-3H3/t13-/m1/s1. The smallest absolute Gasteiger partial charge is 0.184 e. The fourth-order valence-corrected chi connectivity index (χ4v) is 4.34. The lowest BCUT2D eigenvalue weighted by atomic mass is 10.0. The van der Waals surface area contributed by atoms with E-state index in [9.17, 15) is 5.11 Å². The molecule has 3 aromatic heterocycles. The number of anilines is 1. The normalized spacial score (nSPS) is 18.0. The number of hydrogen-bond acceptors (Lipinski definition) is 7. The molecule has 0 aliphatic carbocycles. The van der Waals surface area contributed by atoms with Gasteiger partial charge >= 0.3 is 0 Å². The van der Waals surface area contributed by atoms with Crippen molar-refractivity contribution >= 4 is 27.8 Å². The molecule has 1 aliphatic rings. The third kappa shape index (κ3) is 2.82. The minimum atomic E-state index is 0.140. The molecule has 0 unspecified atom stereocenters. The maximum absolute atomic E-state index is 10.8. The SMILES string of the molecule is CN1CCC[C@@H](n2cnc3c(N(C)C)c(-c4ccc5occc5c4O)nnc32)C1. The second kappa shape index (κ2) is 6.73. The third-order valence-corrected chi connectivity index (χ3v) is 5.76. The lowest BCUT2D eigenvalue weighted by Gasteiger charge is -2.30. The summed E-state index contributed by atoms with van der Waals surface area (Å²) in [5.41, 5.74) is 4.27. The van der Waals surface area contributed by atoms with Crippen molar-refractivity contribution in [2.75, 3.05) is 39.1 Å². The van der Waals surface area contributed by atoms with Crippen LogP contribution < -0.4 is 4.90 Å². The van der Waals surface area contributed by atoms with E-state index in [-0.39, 0.29) is 5.75 Å². The zero-order valence-electron chi connectivity index (χ0n) is 16.8. The average Bonchev–Trinajstić information content (AvgIpc) is 3.34. The summed E-state index contributed by atoms with van der Waals surface area (Å²) < 4.78 is 7.54. The number of likely N-dealkylation sites (tertiary alicyclic amines) is 1. The molecular formula is C21H24N6O2. The number of imidazole rings is 1. The highest BCUT2D eigenvalue weighted by atomic mass is 16.3. The molecule has 8 heteroatoms.